The molecule has 0 saturated carbocycles. The average molecular weight is 204 g/mol. The number of rotatable bonds is 8. The lowest BCUT2D eigenvalue weighted by atomic mass is 10.1. The third-order valence-corrected chi connectivity index (χ3v) is 1.78. The maximum atomic E-state index is 9.25. The molecule has 0 aliphatic rings. The third-order valence-electron chi connectivity index (χ3n) is 1.78. The van der Waals surface area contributed by atoms with Crippen LogP contribution in [0.4, 0.5) is 0 Å². The molecule has 0 aromatic rings. The van der Waals surface area contributed by atoms with Gasteiger partial charge in [-0.3, -0.25) is 0 Å². The van der Waals surface area contributed by atoms with Gasteiger partial charge in [0.15, 0.2) is 6.29 Å². The van der Waals surface area contributed by atoms with Crippen LogP contribution in [0.3, 0.4) is 0 Å². The van der Waals surface area contributed by atoms with E-state index in [-0.39, 0.29) is 12.9 Å². The van der Waals surface area contributed by atoms with Crippen molar-refractivity contribution in [2.75, 3.05) is 19.8 Å². The number of aliphatic hydroxyl groups excluding tert-OH is 2. The first-order valence-electron chi connectivity index (χ1n) is 4.85. The predicted molar refractivity (Wildman–Crippen MR) is 53.9 cm³/mol. The van der Waals surface area contributed by atoms with Crippen LogP contribution in [0.2, 0.25) is 0 Å². The van der Waals surface area contributed by atoms with Gasteiger partial charge in [-0.2, -0.15) is 0 Å². The summed E-state index contributed by atoms with van der Waals surface area (Å²) >= 11 is 0. The van der Waals surface area contributed by atoms with Crippen LogP contribution in [0.1, 0.15) is 20.3 Å². The van der Waals surface area contributed by atoms with Crippen LogP contribution in [-0.2, 0) is 9.47 Å². The topological polar surface area (TPSA) is 58.9 Å². The van der Waals surface area contributed by atoms with Crippen LogP contribution in [-0.4, -0.2) is 42.4 Å². The van der Waals surface area contributed by atoms with Gasteiger partial charge in [0.1, 0.15) is 0 Å². The average Bonchev–Trinajstić information content (AvgIpc) is 2.17. The molecule has 1 unspecified atom stereocenters. The molecule has 4 nitrogen and oxygen atoms in total. The normalized spacial score (nSPS) is 13.2. The summed E-state index contributed by atoms with van der Waals surface area (Å²) in [6, 6.07) is 0. The van der Waals surface area contributed by atoms with Crippen molar-refractivity contribution in [3.05, 3.63) is 12.2 Å². The van der Waals surface area contributed by atoms with Gasteiger partial charge in [0.05, 0.1) is 12.7 Å². The summed E-state index contributed by atoms with van der Waals surface area (Å²) in [5.74, 6) is 0. The highest BCUT2D eigenvalue weighted by Gasteiger charge is 2.14. The van der Waals surface area contributed by atoms with Crippen molar-refractivity contribution in [1.82, 2.24) is 0 Å². The standard InChI is InChI=1S/C10H20O4/c1-4-13-10(14-5-2)6-8(3)9(12)7-11/h9-12H,3-7H2,1-2H3. The van der Waals surface area contributed by atoms with Crippen molar-refractivity contribution in [2.45, 2.75) is 32.7 Å². The monoisotopic (exact) mass is 204 g/mol. The van der Waals surface area contributed by atoms with Gasteiger partial charge in [-0.25, -0.2) is 0 Å². The van der Waals surface area contributed by atoms with Crippen LogP contribution in [0.15, 0.2) is 12.2 Å². The summed E-state index contributed by atoms with van der Waals surface area (Å²) < 4.78 is 10.5. The zero-order valence-corrected chi connectivity index (χ0v) is 8.90. The van der Waals surface area contributed by atoms with E-state index in [4.69, 9.17) is 14.6 Å². The lowest BCUT2D eigenvalue weighted by Gasteiger charge is -2.19. The number of aliphatic hydroxyl groups is 2. The zero-order chi connectivity index (χ0) is 11.0. The molecule has 0 aromatic heterocycles. The number of hydrogen-bond donors (Lipinski definition) is 2. The van der Waals surface area contributed by atoms with Gasteiger partial charge in [-0.15, -0.1) is 0 Å². The van der Waals surface area contributed by atoms with E-state index in [0.717, 1.165) is 0 Å². The quantitative estimate of drug-likeness (QED) is 0.451. The fourth-order valence-electron chi connectivity index (χ4n) is 1.02. The Morgan fingerprint density at radius 3 is 2.14 bits per heavy atom. The fraction of sp³-hybridized carbons (Fsp3) is 0.800. The molecule has 0 rings (SSSR count). The van der Waals surface area contributed by atoms with Gasteiger partial charge in [-0.1, -0.05) is 6.58 Å². The summed E-state index contributed by atoms with van der Waals surface area (Å²) in [5, 5.41) is 17.9. The molecule has 0 spiro atoms. The van der Waals surface area contributed by atoms with Crippen LogP contribution in [0.25, 0.3) is 0 Å². The van der Waals surface area contributed by atoms with Gasteiger partial charge in [-0.05, 0) is 19.4 Å². The molecule has 4 heteroatoms. The largest absolute Gasteiger partial charge is 0.393 e. The highest BCUT2D eigenvalue weighted by Crippen LogP contribution is 2.11. The summed E-state index contributed by atoms with van der Waals surface area (Å²) in [4.78, 5) is 0. The van der Waals surface area contributed by atoms with Gasteiger partial charge < -0.3 is 19.7 Å². The maximum Gasteiger partial charge on any atom is 0.161 e. The minimum absolute atomic E-state index is 0.316. The second-order valence-corrected chi connectivity index (χ2v) is 2.90. The van der Waals surface area contributed by atoms with E-state index >= 15 is 0 Å². The van der Waals surface area contributed by atoms with Gasteiger partial charge >= 0.3 is 0 Å². The fourth-order valence-corrected chi connectivity index (χ4v) is 1.02. The zero-order valence-electron chi connectivity index (χ0n) is 8.90. The van der Waals surface area contributed by atoms with Crippen molar-refractivity contribution in [2.24, 2.45) is 0 Å². The second kappa shape index (κ2) is 7.94. The highest BCUT2D eigenvalue weighted by molar-refractivity contribution is 5.02. The van der Waals surface area contributed by atoms with Crippen molar-refractivity contribution in [3.8, 4) is 0 Å². The minimum Gasteiger partial charge on any atom is -0.393 e. The Morgan fingerprint density at radius 1 is 1.29 bits per heavy atom. The maximum absolute atomic E-state index is 9.25. The van der Waals surface area contributed by atoms with Crippen molar-refractivity contribution >= 4 is 0 Å². The predicted octanol–water partition coefficient (Wildman–Crippen LogP) is 0.685. The molecular formula is C10H20O4. The lowest BCUT2D eigenvalue weighted by Crippen LogP contribution is -2.23. The number of ether oxygens (including phenoxy) is 2. The first kappa shape index (κ1) is 13.6. The molecule has 2 N–H and O–H groups in total. The molecule has 0 saturated heterocycles. The van der Waals surface area contributed by atoms with E-state index in [1.807, 2.05) is 13.8 Å². The SMILES string of the molecule is C=C(CC(OCC)OCC)C(O)CO. The lowest BCUT2D eigenvalue weighted by molar-refractivity contribution is -0.136. The van der Waals surface area contributed by atoms with E-state index < -0.39 is 6.10 Å². The van der Waals surface area contributed by atoms with E-state index in [9.17, 15) is 5.11 Å². The van der Waals surface area contributed by atoms with Gasteiger partial charge in [0.2, 0.25) is 0 Å². The molecule has 0 aliphatic heterocycles. The van der Waals surface area contributed by atoms with Crippen LogP contribution in [0, 0.1) is 0 Å². The molecule has 0 radical (unpaired) electrons. The molecular weight excluding hydrogens is 184 g/mol. The molecule has 0 amide bonds. The molecule has 0 heterocycles. The van der Waals surface area contributed by atoms with Crippen LogP contribution < -0.4 is 0 Å². The van der Waals surface area contributed by atoms with E-state index in [2.05, 4.69) is 6.58 Å². The minimum atomic E-state index is -0.890. The Labute approximate surface area is 85.1 Å². The van der Waals surface area contributed by atoms with E-state index in [0.29, 0.717) is 25.2 Å². The summed E-state index contributed by atoms with van der Waals surface area (Å²) in [5.41, 5.74) is 0.527. The molecule has 0 fully saturated rings. The molecule has 0 aliphatic carbocycles. The second-order valence-electron chi connectivity index (χ2n) is 2.90. The third kappa shape index (κ3) is 5.34. The van der Waals surface area contributed by atoms with Crippen molar-refractivity contribution in [3.63, 3.8) is 0 Å². The molecule has 1 atom stereocenters. The van der Waals surface area contributed by atoms with Crippen LogP contribution in [0.5, 0.6) is 0 Å². The van der Waals surface area contributed by atoms with E-state index in [1.165, 1.54) is 0 Å². The molecule has 0 bridgehead atoms. The van der Waals surface area contributed by atoms with Crippen LogP contribution >= 0.6 is 0 Å². The molecule has 84 valence electrons. The van der Waals surface area contributed by atoms with Crippen molar-refractivity contribution in [1.29, 1.82) is 0 Å². The summed E-state index contributed by atoms with van der Waals surface area (Å²) in [6.07, 6.45) is -0.860. The molecule has 14 heavy (non-hydrogen) atoms. The Morgan fingerprint density at radius 2 is 1.79 bits per heavy atom. The Balaban J connectivity index is 3.94. The Hall–Kier alpha value is -0.420. The van der Waals surface area contributed by atoms with Gasteiger partial charge in [0.25, 0.3) is 0 Å². The smallest absolute Gasteiger partial charge is 0.161 e. The first-order valence-corrected chi connectivity index (χ1v) is 4.85. The van der Waals surface area contributed by atoms with Gasteiger partial charge in [0, 0.05) is 19.6 Å². The summed E-state index contributed by atoms with van der Waals surface area (Å²) in [6.45, 7) is 8.19. The summed E-state index contributed by atoms with van der Waals surface area (Å²) in [7, 11) is 0. The Kier molecular flexibility index (Phi) is 7.70. The Bertz CT molecular complexity index is 152. The first-order chi connectivity index (χ1) is 6.65. The highest BCUT2D eigenvalue weighted by atomic mass is 16.7. The van der Waals surface area contributed by atoms with E-state index in [1.54, 1.807) is 0 Å². The van der Waals surface area contributed by atoms with Crippen molar-refractivity contribution < 1.29 is 19.7 Å². The molecule has 0 aromatic carbocycles. The number of hydrogen-bond acceptors (Lipinski definition) is 4.